The Hall–Kier alpha value is -1.39. The number of morpholine rings is 1. The van der Waals surface area contributed by atoms with E-state index in [1.165, 1.54) is 5.56 Å². The van der Waals surface area contributed by atoms with E-state index in [0.29, 0.717) is 38.3 Å². The molecule has 1 fully saturated rings. The van der Waals surface area contributed by atoms with Gasteiger partial charge in [-0.05, 0) is 37.7 Å². The Labute approximate surface area is 155 Å². The summed E-state index contributed by atoms with van der Waals surface area (Å²) in [6, 6.07) is 8.44. The van der Waals surface area contributed by atoms with Gasteiger partial charge >= 0.3 is 0 Å². The standard InChI is InChI=1S/C17H26N2O2.2C2H6/c1-13(2)16(18(3)4)14-5-7-15(8-6-14)17(20)19-9-11-21-12-10-19;2*1-2/h5-8,13,16H,9-12H2,1-4H3;2*1-2H3/t16-;;/m1../s1. The zero-order chi connectivity index (χ0) is 19.4. The maximum absolute atomic E-state index is 12.4. The number of benzene rings is 1. The third-order valence-corrected chi connectivity index (χ3v) is 3.99. The van der Waals surface area contributed by atoms with E-state index >= 15 is 0 Å². The highest BCUT2D eigenvalue weighted by Gasteiger charge is 2.21. The fourth-order valence-electron chi connectivity index (χ4n) is 3.05. The van der Waals surface area contributed by atoms with E-state index in [1.54, 1.807) is 0 Å². The SMILES string of the molecule is CC.CC.CC(C)[C@H](c1ccc(C(=O)N2CCOCC2)cc1)N(C)C. The molecule has 1 aliphatic heterocycles. The first-order valence-corrected chi connectivity index (χ1v) is 9.64. The van der Waals surface area contributed by atoms with Crippen LogP contribution in [0.3, 0.4) is 0 Å². The van der Waals surface area contributed by atoms with Gasteiger partial charge in [-0.2, -0.15) is 0 Å². The van der Waals surface area contributed by atoms with Crippen molar-refractivity contribution in [2.75, 3.05) is 40.4 Å². The number of carbonyl (C=O) groups excluding carboxylic acids is 1. The van der Waals surface area contributed by atoms with Crippen LogP contribution in [0.4, 0.5) is 0 Å². The quantitative estimate of drug-likeness (QED) is 0.803. The molecule has 1 saturated heterocycles. The first kappa shape index (κ1) is 23.6. The minimum absolute atomic E-state index is 0.107. The molecule has 25 heavy (non-hydrogen) atoms. The fourth-order valence-corrected chi connectivity index (χ4v) is 3.05. The second kappa shape index (κ2) is 12.9. The Morgan fingerprint density at radius 1 is 1.00 bits per heavy atom. The summed E-state index contributed by atoms with van der Waals surface area (Å²) in [6.07, 6.45) is 0. The predicted molar refractivity (Wildman–Crippen MR) is 107 cm³/mol. The minimum Gasteiger partial charge on any atom is -0.378 e. The molecule has 1 amide bonds. The number of ether oxygens (including phenoxy) is 1. The van der Waals surface area contributed by atoms with Gasteiger partial charge in [-0.25, -0.2) is 0 Å². The second-order valence-electron chi connectivity index (χ2n) is 6.18. The van der Waals surface area contributed by atoms with E-state index in [2.05, 4.69) is 45.0 Å². The molecule has 0 aromatic heterocycles. The number of carbonyl (C=O) groups is 1. The maximum Gasteiger partial charge on any atom is 0.254 e. The van der Waals surface area contributed by atoms with Crippen LogP contribution in [0, 0.1) is 5.92 Å². The van der Waals surface area contributed by atoms with E-state index in [-0.39, 0.29) is 5.91 Å². The summed E-state index contributed by atoms with van der Waals surface area (Å²) in [5.41, 5.74) is 2.02. The lowest BCUT2D eigenvalue weighted by molar-refractivity contribution is 0.0303. The normalized spacial score (nSPS) is 15.0. The van der Waals surface area contributed by atoms with Crippen LogP contribution in [0.25, 0.3) is 0 Å². The molecule has 1 aliphatic rings. The van der Waals surface area contributed by atoms with Crippen molar-refractivity contribution < 1.29 is 9.53 Å². The van der Waals surface area contributed by atoms with Gasteiger partial charge < -0.3 is 14.5 Å². The number of rotatable bonds is 4. The summed E-state index contributed by atoms with van der Waals surface area (Å²) in [5, 5.41) is 0. The summed E-state index contributed by atoms with van der Waals surface area (Å²) in [4.78, 5) is 16.5. The summed E-state index contributed by atoms with van der Waals surface area (Å²) >= 11 is 0. The molecule has 2 rings (SSSR count). The van der Waals surface area contributed by atoms with E-state index in [4.69, 9.17) is 4.74 Å². The van der Waals surface area contributed by atoms with Crippen LogP contribution in [0.5, 0.6) is 0 Å². The van der Waals surface area contributed by atoms with Crippen molar-refractivity contribution in [2.24, 2.45) is 5.92 Å². The predicted octanol–water partition coefficient (Wildman–Crippen LogP) is 4.47. The third kappa shape index (κ3) is 7.17. The smallest absolute Gasteiger partial charge is 0.254 e. The molecule has 1 heterocycles. The number of nitrogens with zero attached hydrogens (tertiary/aromatic N) is 2. The van der Waals surface area contributed by atoms with Crippen molar-refractivity contribution >= 4 is 5.91 Å². The van der Waals surface area contributed by atoms with Gasteiger partial charge in [0, 0.05) is 24.7 Å². The molecule has 144 valence electrons. The van der Waals surface area contributed by atoms with Crippen LogP contribution in [-0.4, -0.2) is 56.1 Å². The van der Waals surface area contributed by atoms with Gasteiger partial charge in [0.1, 0.15) is 0 Å². The average molecular weight is 351 g/mol. The van der Waals surface area contributed by atoms with Gasteiger partial charge in [0.25, 0.3) is 5.91 Å². The Kier molecular flexibility index (Phi) is 12.2. The molecule has 1 aromatic rings. The molecular formula is C21H38N2O2. The molecule has 0 radical (unpaired) electrons. The van der Waals surface area contributed by atoms with Crippen LogP contribution in [0.15, 0.2) is 24.3 Å². The van der Waals surface area contributed by atoms with Crippen molar-refractivity contribution in [3.05, 3.63) is 35.4 Å². The highest BCUT2D eigenvalue weighted by Crippen LogP contribution is 2.26. The van der Waals surface area contributed by atoms with Gasteiger partial charge in [0.05, 0.1) is 13.2 Å². The molecule has 0 saturated carbocycles. The molecule has 1 atom stereocenters. The second-order valence-corrected chi connectivity index (χ2v) is 6.18. The molecule has 4 heteroatoms. The van der Waals surface area contributed by atoms with Crippen molar-refractivity contribution in [3.63, 3.8) is 0 Å². The topological polar surface area (TPSA) is 32.8 Å². The Balaban J connectivity index is 0.00000134. The van der Waals surface area contributed by atoms with Gasteiger partial charge in [0.2, 0.25) is 0 Å². The molecule has 0 N–H and O–H groups in total. The first-order valence-electron chi connectivity index (χ1n) is 9.64. The van der Waals surface area contributed by atoms with E-state index < -0.39 is 0 Å². The molecule has 4 nitrogen and oxygen atoms in total. The van der Waals surface area contributed by atoms with Crippen molar-refractivity contribution in [1.29, 1.82) is 0 Å². The van der Waals surface area contributed by atoms with Gasteiger partial charge in [-0.15, -0.1) is 0 Å². The summed E-state index contributed by atoms with van der Waals surface area (Å²) in [6.45, 7) is 15.1. The number of hydrogen-bond acceptors (Lipinski definition) is 3. The fraction of sp³-hybridized carbons (Fsp3) is 0.667. The number of hydrogen-bond donors (Lipinski definition) is 0. The van der Waals surface area contributed by atoms with Gasteiger partial charge in [0.15, 0.2) is 0 Å². The zero-order valence-electron chi connectivity index (χ0n) is 17.5. The summed E-state index contributed by atoms with van der Waals surface area (Å²) < 4.78 is 5.29. The van der Waals surface area contributed by atoms with E-state index in [0.717, 1.165) is 5.56 Å². The molecule has 1 aromatic carbocycles. The lowest BCUT2D eigenvalue weighted by Crippen LogP contribution is -2.40. The lowest BCUT2D eigenvalue weighted by Gasteiger charge is -2.29. The minimum atomic E-state index is 0.107. The van der Waals surface area contributed by atoms with E-state index in [9.17, 15) is 4.79 Å². The monoisotopic (exact) mass is 350 g/mol. The van der Waals surface area contributed by atoms with E-state index in [1.807, 2.05) is 44.7 Å². The molecule has 0 unspecified atom stereocenters. The Morgan fingerprint density at radius 3 is 1.88 bits per heavy atom. The highest BCUT2D eigenvalue weighted by atomic mass is 16.5. The summed E-state index contributed by atoms with van der Waals surface area (Å²) in [7, 11) is 4.19. The Bertz CT molecular complexity index is 455. The first-order chi connectivity index (χ1) is 12.0. The van der Waals surface area contributed by atoms with Crippen molar-refractivity contribution in [3.8, 4) is 0 Å². The van der Waals surface area contributed by atoms with Crippen LogP contribution in [0.2, 0.25) is 0 Å². The van der Waals surface area contributed by atoms with Gasteiger partial charge in [-0.3, -0.25) is 4.79 Å². The van der Waals surface area contributed by atoms with Crippen LogP contribution in [-0.2, 0) is 4.74 Å². The Morgan fingerprint density at radius 2 is 1.48 bits per heavy atom. The molecule has 0 bridgehead atoms. The van der Waals surface area contributed by atoms with Crippen LogP contribution in [0.1, 0.15) is 63.5 Å². The molecular weight excluding hydrogens is 312 g/mol. The van der Waals surface area contributed by atoms with Gasteiger partial charge in [-0.1, -0.05) is 53.7 Å². The third-order valence-electron chi connectivity index (χ3n) is 3.99. The van der Waals surface area contributed by atoms with Crippen LogP contribution < -0.4 is 0 Å². The van der Waals surface area contributed by atoms with Crippen LogP contribution >= 0.6 is 0 Å². The van der Waals surface area contributed by atoms with Crippen molar-refractivity contribution in [1.82, 2.24) is 9.80 Å². The zero-order valence-corrected chi connectivity index (χ0v) is 17.5. The maximum atomic E-state index is 12.4. The summed E-state index contributed by atoms with van der Waals surface area (Å²) in [5.74, 6) is 0.636. The van der Waals surface area contributed by atoms with Crippen molar-refractivity contribution in [2.45, 2.75) is 47.6 Å². The molecule has 0 aliphatic carbocycles. The molecule has 0 spiro atoms. The largest absolute Gasteiger partial charge is 0.378 e. The average Bonchev–Trinajstić information content (AvgIpc) is 2.65. The number of amides is 1. The lowest BCUT2D eigenvalue weighted by atomic mass is 9.94. The highest BCUT2D eigenvalue weighted by molar-refractivity contribution is 5.94.